The SMILES string of the molecule is CCC(CC)NC(=O)NCCN1CCN(C(=O)OC)CC1. The van der Waals surface area contributed by atoms with Crippen molar-refractivity contribution in [3.63, 3.8) is 0 Å². The lowest BCUT2D eigenvalue weighted by molar-refractivity contribution is 0.0915. The molecule has 0 aliphatic carbocycles. The molecule has 0 atom stereocenters. The molecule has 122 valence electrons. The van der Waals surface area contributed by atoms with Gasteiger partial charge in [-0.3, -0.25) is 4.90 Å². The number of methoxy groups -OCH3 is 1. The quantitative estimate of drug-likeness (QED) is 0.763. The standard InChI is InChI=1S/C14H28N4O3/c1-4-12(5-2)16-13(19)15-6-7-17-8-10-18(11-9-17)14(20)21-3/h12H,4-11H2,1-3H3,(H2,15,16,19). The Bertz CT molecular complexity index is 326. The maximum absolute atomic E-state index is 11.7. The zero-order valence-electron chi connectivity index (χ0n) is 13.4. The molecule has 3 amide bonds. The fourth-order valence-electron chi connectivity index (χ4n) is 2.34. The van der Waals surface area contributed by atoms with E-state index in [1.54, 1.807) is 4.90 Å². The van der Waals surface area contributed by atoms with E-state index in [2.05, 4.69) is 29.4 Å². The molecule has 21 heavy (non-hydrogen) atoms. The van der Waals surface area contributed by atoms with Crippen molar-refractivity contribution in [1.82, 2.24) is 20.4 Å². The summed E-state index contributed by atoms with van der Waals surface area (Å²) < 4.78 is 4.70. The number of rotatable bonds is 6. The van der Waals surface area contributed by atoms with Gasteiger partial charge in [0.05, 0.1) is 7.11 Å². The lowest BCUT2D eigenvalue weighted by Crippen LogP contribution is -2.51. The lowest BCUT2D eigenvalue weighted by Gasteiger charge is -2.33. The van der Waals surface area contributed by atoms with E-state index in [1.165, 1.54) is 7.11 Å². The van der Waals surface area contributed by atoms with E-state index >= 15 is 0 Å². The van der Waals surface area contributed by atoms with Crippen LogP contribution < -0.4 is 10.6 Å². The average molecular weight is 300 g/mol. The Hall–Kier alpha value is -1.50. The highest BCUT2D eigenvalue weighted by Crippen LogP contribution is 2.02. The number of carbonyl (C=O) groups is 2. The summed E-state index contributed by atoms with van der Waals surface area (Å²) in [7, 11) is 1.40. The maximum Gasteiger partial charge on any atom is 0.409 e. The Labute approximate surface area is 127 Å². The monoisotopic (exact) mass is 300 g/mol. The number of nitrogens with one attached hydrogen (secondary N) is 2. The molecule has 1 aliphatic rings. The second-order valence-electron chi connectivity index (χ2n) is 5.21. The number of hydrogen-bond donors (Lipinski definition) is 2. The third-order valence-electron chi connectivity index (χ3n) is 3.84. The summed E-state index contributed by atoms with van der Waals surface area (Å²) in [5, 5.41) is 5.82. The van der Waals surface area contributed by atoms with Gasteiger partial charge in [-0.15, -0.1) is 0 Å². The zero-order chi connectivity index (χ0) is 15.7. The summed E-state index contributed by atoms with van der Waals surface area (Å²) in [5.74, 6) is 0. The molecule has 0 spiro atoms. The molecule has 1 fully saturated rings. The fraction of sp³-hybridized carbons (Fsp3) is 0.857. The van der Waals surface area contributed by atoms with E-state index in [4.69, 9.17) is 4.74 Å². The first-order valence-electron chi connectivity index (χ1n) is 7.70. The highest BCUT2D eigenvalue weighted by Gasteiger charge is 2.21. The van der Waals surface area contributed by atoms with E-state index in [-0.39, 0.29) is 18.2 Å². The van der Waals surface area contributed by atoms with Gasteiger partial charge in [-0.25, -0.2) is 9.59 Å². The minimum atomic E-state index is -0.266. The summed E-state index contributed by atoms with van der Waals surface area (Å²) in [6.07, 6.45) is 1.62. The highest BCUT2D eigenvalue weighted by molar-refractivity contribution is 5.74. The van der Waals surface area contributed by atoms with E-state index in [9.17, 15) is 9.59 Å². The molecule has 0 radical (unpaired) electrons. The van der Waals surface area contributed by atoms with Crippen molar-refractivity contribution >= 4 is 12.1 Å². The summed E-state index contributed by atoms with van der Waals surface area (Å²) in [4.78, 5) is 27.0. The van der Waals surface area contributed by atoms with Crippen LogP contribution in [-0.4, -0.2) is 74.3 Å². The van der Waals surface area contributed by atoms with Gasteiger partial charge in [0.2, 0.25) is 0 Å². The Balaban J connectivity index is 2.14. The van der Waals surface area contributed by atoms with Crippen LogP contribution in [0.1, 0.15) is 26.7 Å². The second-order valence-corrected chi connectivity index (χ2v) is 5.21. The summed E-state index contributed by atoms with van der Waals surface area (Å²) in [5.41, 5.74) is 0. The van der Waals surface area contributed by atoms with Crippen molar-refractivity contribution in [2.75, 3.05) is 46.4 Å². The fourth-order valence-corrected chi connectivity index (χ4v) is 2.34. The number of hydrogen-bond acceptors (Lipinski definition) is 4. The molecule has 0 aromatic rings. The van der Waals surface area contributed by atoms with Gasteiger partial charge in [0.25, 0.3) is 0 Å². The van der Waals surface area contributed by atoms with Crippen molar-refractivity contribution in [1.29, 1.82) is 0 Å². The molecule has 1 rings (SSSR count). The molecule has 7 heteroatoms. The normalized spacial score (nSPS) is 15.9. The molecule has 0 unspecified atom stereocenters. The first-order chi connectivity index (χ1) is 10.1. The van der Waals surface area contributed by atoms with Crippen LogP contribution in [0.5, 0.6) is 0 Å². The maximum atomic E-state index is 11.7. The number of piperazine rings is 1. The molecule has 0 bridgehead atoms. The smallest absolute Gasteiger partial charge is 0.409 e. The summed E-state index contributed by atoms with van der Waals surface area (Å²) in [6.45, 7) is 8.51. The first-order valence-corrected chi connectivity index (χ1v) is 7.70. The predicted molar refractivity (Wildman–Crippen MR) is 81.3 cm³/mol. The van der Waals surface area contributed by atoms with Crippen LogP contribution in [0.15, 0.2) is 0 Å². The number of amides is 3. The van der Waals surface area contributed by atoms with Gasteiger partial charge in [0.15, 0.2) is 0 Å². The van der Waals surface area contributed by atoms with Gasteiger partial charge in [-0.05, 0) is 12.8 Å². The van der Waals surface area contributed by atoms with E-state index in [0.717, 1.165) is 32.5 Å². The Morgan fingerprint density at radius 1 is 1.14 bits per heavy atom. The van der Waals surface area contributed by atoms with Gasteiger partial charge >= 0.3 is 12.1 Å². The number of carbonyl (C=O) groups excluding carboxylic acids is 2. The molecule has 1 aliphatic heterocycles. The van der Waals surface area contributed by atoms with Crippen LogP contribution in [0, 0.1) is 0 Å². The average Bonchev–Trinajstić information content (AvgIpc) is 2.52. The first kappa shape index (κ1) is 17.6. The topological polar surface area (TPSA) is 73.9 Å². The summed E-state index contributed by atoms with van der Waals surface area (Å²) in [6, 6.07) is 0.144. The van der Waals surface area contributed by atoms with Crippen LogP contribution in [-0.2, 0) is 4.74 Å². The molecule has 2 N–H and O–H groups in total. The molecular weight excluding hydrogens is 272 g/mol. The van der Waals surface area contributed by atoms with Crippen molar-refractivity contribution in [3.05, 3.63) is 0 Å². The van der Waals surface area contributed by atoms with Crippen molar-refractivity contribution in [2.24, 2.45) is 0 Å². The summed E-state index contributed by atoms with van der Waals surface area (Å²) >= 11 is 0. The number of ether oxygens (including phenoxy) is 1. The van der Waals surface area contributed by atoms with Crippen LogP contribution in [0.25, 0.3) is 0 Å². The van der Waals surface area contributed by atoms with Gasteiger partial charge < -0.3 is 20.3 Å². The van der Waals surface area contributed by atoms with Crippen LogP contribution >= 0.6 is 0 Å². The Morgan fingerprint density at radius 3 is 2.29 bits per heavy atom. The lowest BCUT2D eigenvalue weighted by atomic mass is 10.2. The third-order valence-corrected chi connectivity index (χ3v) is 3.84. The molecule has 0 saturated carbocycles. The molecule has 1 heterocycles. The molecule has 7 nitrogen and oxygen atoms in total. The molecular formula is C14H28N4O3. The van der Waals surface area contributed by atoms with E-state index < -0.39 is 0 Å². The number of urea groups is 1. The van der Waals surface area contributed by atoms with Crippen molar-refractivity contribution < 1.29 is 14.3 Å². The largest absolute Gasteiger partial charge is 0.453 e. The van der Waals surface area contributed by atoms with E-state index in [1.807, 2.05) is 0 Å². The molecule has 0 aromatic heterocycles. The van der Waals surface area contributed by atoms with E-state index in [0.29, 0.717) is 19.6 Å². The van der Waals surface area contributed by atoms with Gasteiger partial charge in [0, 0.05) is 45.3 Å². The van der Waals surface area contributed by atoms with Crippen LogP contribution in [0.4, 0.5) is 9.59 Å². The van der Waals surface area contributed by atoms with Crippen molar-refractivity contribution in [2.45, 2.75) is 32.7 Å². The van der Waals surface area contributed by atoms with Crippen LogP contribution in [0.3, 0.4) is 0 Å². The minimum Gasteiger partial charge on any atom is -0.453 e. The van der Waals surface area contributed by atoms with Crippen LogP contribution in [0.2, 0.25) is 0 Å². The Morgan fingerprint density at radius 2 is 1.76 bits per heavy atom. The van der Waals surface area contributed by atoms with Gasteiger partial charge in [-0.1, -0.05) is 13.8 Å². The molecule has 0 aromatic carbocycles. The third kappa shape index (κ3) is 6.20. The second kappa shape index (κ2) is 9.44. The molecule has 1 saturated heterocycles. The van der Waals surface area contributed by atoms with Gasteiger partial charge in [-0.2, -0.15) is 0 Å². The minimum absolute atomic E-state index is 0.100. The highest BCUT2D eigenvalue weighted by atomic mass is 16.5. The van der Waals surface area contributed by atoms with Gasteiger partial charge in [0.1, 0.15) is 0 Å². The number of nitrogens with zero attached hydrogens (tertiary/aromatic N) is 2. The predicted octanol–water partition coefficient (Wildman–Crippen LogP) is 0.858. The zero-order valence-corrected chi connectivity index (χ0v) is 13.4. The van der Waals surface area contributed by atoms with Crippen molar-refractivity contribution in [3.8, 4) is 0 Å². The Kier molecular flexibility index (Phi) is 7.89.